The second-order valence-corrected chi connectivity index (χ2v) is 11.1. The molecule has 2 heterocycles. The third-order valence-electron chi connectivity index (χ3n) is 8.41. The monoisotopic (exact) mass is 612 g/mol. The predicted molar refractivity (Wildman–Crippen MR) is 176 cm³/mol. The highest BCUT2D eigenvalue weighted by Gasteiger charge is 2.44. The number of carbonyl (C=O) groups excluding carboxylic acids is 2. The van der Waals surface area contributed by atoms with Crippen LogP contribution >= 0.6 is 0 Å². The predicted octanol–water partition coefficient (Wildman–Crippen LogP) is 6.16. The molecule has 0 bridgehead atoms. The summed E-state index contributed by atoms with van der Waals surface area (Å²) in [6.45, 7) is 3.14. The van der Waals surface area contributed by atoms with Crippen LogP contribution in [-0.4, -0.2) is 58.5 Å². The number of carbonyl (C=O) groups is 2. The molecule has 1 aliphatic heterocycles. The number of esters is 1. The van der Waals surface area contributed by atoms with Gasteiger partial charge in [-0.15, -0.1) is 5.10 Å². The number of hydrogen-bond donors (Lipinski definition) is 0. The van der Waals surface area contributed by atoms with Gasteiger partial charge in [0, 0.05) is 25.1 Å². The van der Waals surface area contributed by atoms with Crippen molar-refractivity contribution in [2.24, 2.45) is 0 Å². The van der Waals surface area contributed by atoms with E-state index in [0.29, 0.717) is 37.3 Å². The molecule has 0 saturated carbocycles. The number of Topliss-reactive ketones (excluding diaryl/α,β-unsaturated/α-hetero) is 1. The number of nitrogens with zero attached hydrogens (tertiary/aromatic N) is 4. The lowest BCUT2D eigenvalue weighted by atomic mass is 9.74. The molecule has 1 fully saturated rings. The number of methoxy groups -OCH3 is 1. The third kappa shape index (κ3) is 5.99. The maximum Gasteiger partial charge on any atom is 0.358 e. The minimum Gasteiger partial charge on any atom is -0.497 e. The summed E-state index contributed by atoms with van der Waals surface area (Å²) in [5.41, 5.74) is 4.59. The van der Waals surface area contributed by atoms with E-state index >= 15 is 0 Å². The van der Waals surface area contributed by atoms with Crippen molar-refractivity contribution in [2.45, 2.75) is 25.4 Å². The average molecular weight is 613 g/mol. The molecule has 0 spiro atoms. The number of ether oxygens (including phenoxy) is 2. The Bertz CT molecular complexity index is 1720. The molecule has 0 N–H and O–H groups in total. The molecule has 8 heteroatoms. The Hall–Kier alpha value is -5.34. The molecule has 1 aliphatic rings. The van der Waals surface area contributed by atoms with E-state index in [1.54, 1.807) is 20.1 Å². The minimum atomic E-state index is -0.681. The van der Waals surface area contributed by atoms with Crippen LogP contribution in [0.4, 0.5) is 0 Å². The highest BCUT2D eigenvalue weighted by atomic mass is 16.5. The molecular formula is C38H36N4O4. The summed E-state index contributed by atoms with van der Waals surface area (Å²) in [5.74, 6) is 0.204. The second-order valence-electron chi connectivity index (χ2n) is 11.1. The Kier molecular flexibility index (Phi) is 9.17. The van der Waals surface area contributed by atoms with Crippen molar-refractivity contribution >= 4 is 17.8 Å². The van der Waals surface area contributed by atoms with Crippen LogP contribution in [0.5, 0.6) is 5.75 Å². The van der Waals surface area contributed by atoms with Crippen LogP contribution in [0.3, 0.4) is 0 Å². The highest BCUT2D eigenvalue weighted by molar-refractivity contribution is 6.02. The molecule has 232 valence electrons. The Balaban J connectivity index is 1.44. The Labute approximate surface area is 268 Å². The summed E-state index contributed by atoms with van der Waals surface area (Å²) >= 11 is 0. The van der Waals surface area contributed by atoms with Gasteiger partial charge in [0.05, 0.1) is 25.8 Å². The molecule has 4 aromatic carbocycles. The van der Waals surface area contributed by atoms with Gasteiger partial charge in [-0.1, -0.05) is 108 Å². The lowest BCUT2D eigenvalue weighted by Gasteiger charge is -2.47. The molecule has 1 aromatic heterocycles. The molecule has 6 rings (SSSR count). The van der Waals surface area contributed by atoms with Crippen molar-refractivity contribution in [3.8, 4) is 5.75 Å². The first kappa shape index (κ1) is 30.7. The number of hydrogen-bond acceptors (Lipinski definition) is 7. The van der Waals surface area contributed by atoms with Gasteiger partial charge in [0.15, 0.2) is 11.5 Å². The van der Waals surface area contributed by atoms with Gasteiger partial charge in [-0.25, -0.2) is 9.48 Å². The summed E-state index contributed by atoms with van der Waals surface area (Å²) in [7, 11) is 1.61. The van der Waals surface area contributed by atoms with Gasteiger partial charge in [-0.3, -0.25) is 9.69 Å². The fourth-order valence-electron chi connectivity index (χ4n) is 6.28. The average Bonchev–Trinajstić information content (AvgIpc) is 3.50. The Morgan fingerprint density at radius 1 is 0.848 bits per heavy atom. The van der Waals surface area contributed by atoms with Crippen LogP contribution in [0, 0.1) is 0 Å². The SMILES string of the molecule is CCOC(=O)c1c(/C=C2/CN(C(c3ccccc3)(c3ccccc3)c3ccccc3)CCC2=O)nnn1Cc1ccc(OC)cc1. The third-order valence-corrected chi connectivity index (χ3v) is 8.41. The van der Waals surface area contributed by atoms with Gasteiger partial charge in [0.25, 0.3) is 0 Å². The quantitative estimate of drug-likeness (QED) is 0.106. The number of ketones is 1. The molecule has 0 amide bonds. The normalized spacial score (nSPS) is 14.7. The van der Waals surface area contributed by atoms with Crippen LogP contribution in [-0.2, 0) is 21.6 Å². The van der Waals surface area contributed by atoms with Crippen LogP contribution < -0.4 is 4.74 Å². The molecule has 0 unspecified atom stereocenters. The van der Waals surface area contributed by atoms with Gasteiger partial charge in [-0.05, 0) is 47.4 Å². The first-order valence-corrected chi connectivity index (χ1v) is 15.4. The van der Waals surface area contributed by atoms with Gasteiger partial charge >= 0.3 is 5.97 Å². The maximum atomic E-state index is 13.6. The number of piperidine rings is 1. The van der Waals surface area contributed by atoms with Gasteiger partial charge in [0.2, 0.25) is 0 Å². The van der Waals surface area contributed by atoms with E-state index in [2.05, 4.69) is 88.0 Å². The van der Waals surface area contributed by atoms with Crippen LogP contribution in [0.1, 0.15) is 51.8 Å². The number of rotatable bonds is 10. The largest absolute Gasteiger partial charge is 0.497 e. The molecule has 0 atom stereocenters. The topological polar surface area (TPSA) is 86.5 Å². The van der Waals surface area contributed by atoms with Crippen molar-refractivity contribution < 1.29 is 19.1 Å². The first-order chi connectivity index (χ1) is 22.5. The van der Waals surface area contributed by atoms with Crippen molar-refractivity contribution in [3.63, 3.8) is 0 Å². The van der Waals surface area contributed by atoms with E-state index in [4.69, 9.17) is 9.47 Å². The number of aromatic nitrogens is 3. The van der Waals surface area contributed by atoms with Crippen molar-refractivity contribution in [1.82, 2.24) is 19.9 Å². The van der Waals surface area contributed by atoms with E-state index in [-0.39, 0.29) is 18.1 Å². The van der Waals surface area contributed by atoms with E-state index < -0.39 is 11.5 Å². The van der Waals surface area contributed by atoms with E-state index in [1.165, 1.54) is 4.68 Å². The smallest absolute Gasteiger partial charge is 0.358 e. The summed E-state index contributed by atoms with van der Waals surface area (Å²) < 4.78 is 12.2. The Morgan fingerprint density at radius 2 is 1.41 bits per heavy atom. The molecule has 1 saturated heterocycles. The summed E-state index contributed by atoms with van der Waals surface area (Å²) in [6.07, 6.45) is 2.03. The minimum absolute atomic E-state index is 0.0128. The van der Waals surface area contributed by atoms with Crippen molar-refractivity contribution in [3.05, 3.63) is 154 Å². The zero-order valence-electron chi connectivity index (χ0n) is 26.0. The molecule has 0 radical (unpaired) electrons. The molecular weight excluding hydrogens is 576 g/mol. The summed E-state index contributed by atoms with van der Waals surface area (Å²) in [5, 5.41) is 8.70. The zero-order valence-corrected chi connectivity index (χ0v) is 26.0. The first-order valence-electron chi connectivity index (χ1n) is 15.4. The highest BCUT2D eigenvalue weighted by Crippen LogP contribution is 2.44. The van der Waals surface area contributed by atoms with Crippen molar-refractivity contribution in [2.75, 3.05) is 26.8 Å². The fraction of sp³-hybridized carbons (Fsp3) is 0.211. The number of likely N-dealkylation sites (tertiary alicyclic amines) is 1. The molecule has 46 heavy (non-hydrogen) atoms. The van der Waals surface area contributed by atoms with E-state index in [0.717, 1.165) is 28.0 Å². The van der Waals surface area contributed by atoms with Gasteiger partial charge in [0.1, 0.15) is 11.4 Å². The lowest BCUT2D eigenvalue weighted by molar-refractivity contribution is -0.117. The molecule has 5 aromatic rings. The summed E-state index contributed by atoms with van der Waals surface area (Å²) in [6, 6.07) is 38.7. The van der Waals surface area contributed by atoms with Gasteiger partial charge < -0.3 is 9.47 Å². The van der Waals surface area contributed by atoms with Crippen LogP contribution in [0.2, 0.25) is 0 Å². The van der Waals surface area contributed by atoms with Crippen LogP contribution in [0.15, 0.2) is 121 Å². The summed E-state index contributed by atoms with van der Waals surface area (Å²) in [4.78, 5) is 29.2. The fourth-order valence-corrected chi connectivity index (χ4v) is 6.28. The van der Waals surface area contributed by atoms with Crippen LogP contribution in [0.25, 0.3) is 6.08 Å². The standard InChI is InChI=1S/C38H36N4O4/c1-3-46-37(44)36-34(39-40-42(36)26-28-19-21-33(45-2)22-20-28)25-29-27-41(24-23-35(29)43)38(30-13-7-4-8-14-30,31-15-9-5-10-16-31)32-17-11-6-12-18-32/h4-22,25H,3,23-24,26-27H2,1-2H3/b29-25-. The van der Waals surface area contributed by atoms with E-state index in [9.17, 15) is 9.59 Å². The van der Waals surface area contributed by atoms with Gasteiger partial charge in [-0.2, -0.15) is 0 Å². The lowest BCUT2D eigenvalue weighted by Crippen LogP contribution is -2.52. The number of benzene rings is 4. The van der Waals surface area contributed by atoms with E-state index in [1.807, 2.05) is 42.5 Å². The molecule has 0 aliphatic carbocycles. The Morgan fingerprint density at radius 3 is 1.93 bits per heavy atom. The molecule has 8 nitrogen and oxygen atoms in total. The van der Waals surface area contributed by atoms with Crippen molar-refractivity contribution in [1.29, 1.82) is 0 Å². The second kappa shape index (κ2) is 13.7. The maximum absolute atomic E-state index is 13.6. The zero-order chi connectivity index (χ0) is 31.9.